The zero-order chi connectivity index (χ0) is 17.8. The Kier molecular flexibility index (Phi) is 5.51. The zero-order valence-corrected chi connectivity index (χ0v) is 15.1. The molecule has 1 aliphatic carbocycles. The van der Waals surface area contributed by atoms with Crippen LogP contribution in [0.3, 0.4) is 0 Å². The summed E-state index contributed by atoms with van der Waals surface area (Å²) in [5, 5.41) is 3.71. The van der Waals surface area contributed by atoms with Crippen LogP contribution in [0, 0.1) is 12.8 Å². The van der Waals surface area contributed by atoms with E-state index in [1.165, 1.54) is 43.0 Å². The van der Waals surface area contributed by atoms with Gasteiger partial charge in [0.05, 0.1) is 17.2 Å². The minimum atomic E-state index is -0.155. The van der Waals surface area contributed by atoms with Crippen LogP contribution in [0.15, 0.2) is 29.3 Å². The Morgan fingerprint density at radius 3 is 3.00 bits per heavy atom. The Labute approximate surface area is 148 Å². The number of carbonyl (C=O) groups is 1. The number of para-hydroxylation sites is 1. The summed E-state index contributed by atoms with van der Waals surface area (Å²) in [6.45, 7) is 4.17. The monoisotopic (exact) mass is 341 g/mol. The fraction of sp³-hybridized carbons (Fsp3) is 0.550. The van der Waals surface area contributed by atoms with Crippen molar-refractivity contribution in [3.8, 4) is 0 Å². The second-order valence-corrected chi connectivity index (χ2v) is 7.16. The molecule has 5 nitrogen and oxygen atoms in total. The van der Waals surface area contributed by atoms with Gasteiger partial charge in [0.1, 0.15) is 6.54 Å². The van der Waals surface area contributed by atoms with Crippen molar-refractivity contribution in [2.45, 2.75) is 65.0 Å². The van der Waals surface area contributed by atoms with Crippen molar-refractivity contribution >= 4 is 16.8 Å². The van der Waals surface area contributed by atoms with E-state index >= 15 is 0 Å². The van der Waals surface area contributed by atoms with Gasteiger partial charge in [-0.15, -0.1) is 0 Å². The summed E-state index contributed by atoms with van der Waals surface area (Å²) in [6.07, 6.45) is 8.49. The van der Waals surface area contributed by atoms with Gasteiger partial charge in [-0.2, -0.15) is 0 Å². The number of amides is 1. The molecule has 5 heteroatoms. The molecule has 2 unspecified atom stereocenters. The number of hydrogen-bond donors (Lipinski definition) is 1. The molecule has 3 rings (SSSR count). The molecule has 1 aromatic carbocycles. The molecule has 1 aliphatic rings. The highest BCUT2D eigenvalue weighted by molar-refractivity contribution is 5.81. The fourth-order valence-corrected chi connectivity index (χ4v) is 3.90. The highest BCUT2D eigenvalue weighted by Gasteiger charge is 2.27. The van der Waals surface area contributed by atoms with Crippen LogP contribution < -0.4 is 10.9 Å². The number of benzene rings is 1. The van der Waals surface area contributed by atoms with Gasteiger partial charge in [0.2, 0.25) is 5.91 Å². The van der Waals surface area contributed by atoms with Gasteiger partial charge in [0.25, 0.3) is 5.56 Å². The first-order valence-electron chi connectivity index (χ1n) is 9.34. The van der Waals surface area contributed by atoms with Crippen LogP contribution in [-0.2, 0) is 11.3 Å². The molecule has 0 saturated heterocycles. The van der Waals surface area contributed by atoms with Gasteiger partial charge >= 0.3 is 0 Å². The van der Waals surface area contributed by atoms with Gasteiger partial charge < -0.3 is 5.32 Å². The fourth-order valence-electron chi connectivity index (χ4n) is 3.90. The molecular formula is C20H27N3O2. The van der Waals surface area contributed by atoms with Crippen molar-refractivity contribution in [1.82, 2.24) is 14.9 Å². The summed E-state index contributed by atoms with van der Waals surface area (Å²) in [6, 6.07) is 5.80. The predicted octanol–water partition coefficient (Wildman–Crippen LogP) is 3.18. The molecule has 1 heterocycles. The van der Waals surface area contributed by atoms with E-state index in [1.807, 2.05) is 19.1 Å². The number of aryl methyl sites for hydroxylation is 1. The number of aromatic nitrogens is 2. The summed E-state index contributed by atoms with van der Waals surface area (Å²) in [5.41, 5.74) is 1.52. The van der Waals surface area contributed by atoms with E-state index in [-0.39, 0.29) is 24.1 Å². The molecule has 0 radical (unpaired) electrons. The van der Waals surface area contributed by atoms with Crippen LogP contribution in [0.5, 0.6) is 0 Å². The normalized spacial score (nSPS) is 20.1. The largest absolute Gasteiger partial charge is 0.352 e. The third-order valence-electron chi connectivity index (χ3n) is 5.30. The van der Waals surface area contributed by atoms with Crippen LogP contribution in [0.1, 0.15) is 51.0 Å². The molecule has 1 aromatic heterocycles. The summed E-state index contributed by atoms with van der Waals surface area (Å²) in [5.74, 6) is 0.488. The smallest absolute Gasteiger partial charge is 0.261 e. The van der Waals surface area contributed by atoms with Crippen molar-refractivity contribution in [2.24, 2.45) is 5.92 Å². The molecule has 1 amide bonds. The van der Waals surface area contributed by atoms with E-state index in [4.69, 9.17) is 0 Å². The first-order chi connectivity index (χ1) is 12.1. The van der Waals surface area contributed by atoms with Crippen molar-refractivity contribution < 1.29 is 4.79 Å². The van der Waals surface area contributed by atoms with Crippen molar-refractivity contribution in [3.63, 3.8) is 0 Å². The zero-order valence-electron chi connectivity index (χ0n) is 15.1. The van der Waals surface area contributed by atoms with Gasteiger partial charge in [-0.25, -0.2) is 4.98 Å². The Bertz CT molecular complexity index is 812. The maximum Gasteiger partial charge on any atom is 0.261 e. The number of unbranched alkanes of at least 4 members (excludes halogenated alkanes) is 1. The molecule has 0 aliphatic heterocycles. The lowest BCUT2D eigenvalue weighted by Crippen LogP contribution is -2.40. The van der Waals surface area contributed by atoms with Gasteiger partial charge in [-0.1, -0.05) is 38.3 Å². The molecule has 134 valence electrons. The third kappa shape index (κ3) is 3.91. The molecule has 2 aromatic rings. The molecule has 25 heavy (non-hydrogen) atoms. The van der Waals surface area contributed by atoms with Crippen molar-refractivity contribution in [3.05, 3.63) is 40.4 Å². The quantitative estimate of drug-likeness (QED) is 0.878. The number of nitrogens with one attached hydrogen (secondary N) is 1. The van der Waals surface area contributed by atoms with E-state index < -0.39 is 0 Å². The van der Waals surface area contributed by atoms with Crippen LogP contribution in [-0.4, -0.2) is 21.5 Å². The summed E-state index contributed by atoms with van der Waals surface area (Å²) in [7, 11) is 0. The summed E-state index contributed by atoms with van der Waals surface area (Å²) >= 11 is 0. The molecule has 0 spiro atoms. The lowest BCUT2D eigenvalue weighted by atomic mass is 9.97. The molecule has 2 atom stereocenters. The van der Waals surface area contributed by atoms with Gasteiger partial charge in [0, 0.05) is 6.04 Å². The minimum absolute atomic E-state index is 0.0344. The topological polar surface area (TPSA) is 64.0 Å². The number of fused-ring (bicyclic) bond motifs is 1. The Hall–Kier alpha value is -2.17. The highest BCUT2D eigenvalue weighted by Crippen LogP contribution is 2.29. The average Bonchev–Trinajstić information content (AvgIpc) is 3.03. The first kappa shape index (κ1) is 17.6. The third-order valence-corrected chi connectivity index (χ3v) is 5.30. The Balaban J connectivity index is 1.70. The minimum Gasteiger partial charge on any atom is -0.352 e. The SMILES string of the molecule is CCCCC1CCCC1NC(=O)Cn1cnc2c(C)cccc2c1=O. The van der Waals surface area contributed by atoms with Gasteiger partial charge in [-0.05, 0) is 43.7 Å². The molecule has 0 bridgehead atoms. The second kappa shape index (κ2) is 7.81. The van der Waals surface area contributed by atoms with Crippen LogP contribution >= 0.6 is 0 Å². The standard InChI is InChI=1S/C20H27N3O2/c1-3-4-8-15-9-6-11-17(15)22-18(24)12-23-13-21-19-14(2)7-5-10-16(19)20(23)25/h5,7,10,13,15,17H,3-4,6,8-9,11-12H2,1-2H3,(H,22,24). The number of carbonyl (C=O) groups excluding carboxylic acids is 1. The van der Waals surface area contributed by atoms with E-state index in [0.717, 1.165) is 12.0 Å². The number of hydrogen-bond acceptors (Lipinski definition) is 3. The van der Waals surface area contributed by atoms with Gasteiger partial charge in [-0.3, -0.25) is 14.2 Å². The molecular weight excluding hydrogens is 314 g/mol. The maximum absolute atomic E-state index is 12.6. The molecule has 1 saturated carbocycles. The molecule has 1 fully saturated rings. The Morgan fingerprint density at radius 2 is 2.20 bits per heavy atom. The van der Waals surface area contributed by atoms with E-state index in [0.29, 0.717) is 16.8 Å². The van der Waals surface area contributed by atoms with Crippen LogP contribution in [0.4, 0.5) is 0 Å². The van der Waals surface area contributed by atoms with E-state index in [9.17, 15) is 9.59 Å². The number of nitrogens with zero attached hydrogens (tertiary/aromatic N) is 2. The van der Waals surface area contributed by atoms with Crippen LogP contribution in [0.2, 0.25) is 0 Å². The average molecular weight is 341 g/mol. The van der Waals surface area contributed by atoms with E-state index in [1.54, 1.807) is 6.07 Å². The molecule has 1 N–H and O–H groups in total. The highest BCUT2D eigenvalue weighted by atomic mass is 16.2. The lowest BCUT2D eigenvalue weighted by Gasteiger charge is -2.21. The lowest BCUT2D eigenvalue weighted by molar-refractivity contribution is -0.122. The summed E-state index contributed by atoms with van der Waals surface area (Å²) < 4.78 is 1.41. The summed E-state index contributed by atoms with van der Waals surface area (Å²) in [4.78, 5) is 29.4. The predicted molar refractivity (Wildman–Crippen MR) is 99.5 cm³/mol. The maximum atomic E-state index is 12.6. The van der Waals surface area contributed by atoms with Gasteiger partial charge in [0.15, 0.2) is 0 Å². The number of rotatable bonds is 6. The van der Waals surface area contributed by atoms with Crippen molar-refractivity contribution in [2.75, 3.05) is 0 Å². The van der Waals surface area contributed by atoms with Crippen molar-refractivity contribution in [1.29, 1.82) is 0 Å². The second-order valence-electron chi connectivity index (χ2n) is 7.16. The first-order valence-corrected chi connectivity index (χ1v) is 9.34. The Morgan fingerprint density at radius 1 is 1.36 bits per heavy atom. The van der Waals surface area contributed by atoms with Crippen LogP contribution in [0.25, 0.3) is 10.9 Å². The van der Waals surface area contributed by atoms with E-state index in [2.05, 4.69) is 17.2 Å².